The van der Waals surface area contributed by atoms with Gasteiger partial charge in [-0.25, -0.2) is 0 Å². The molecule has 0 aliphatic rings. The minimum Gasteiger partial charge on any atom is -0.352 e. The van der Waals surface area contributed by atoms with Gasteiger partial charge >= 0.3 is 0 Å². The van der Waals surface area contributed by atoms with Gasteiger partial charge in [-0.15, -0.1) is 0 Å². The fourth-order valence-corrected chi connectivity index (χ4v) is 1.92. The Kier molecular flexibility index (Phi) is 4.87. The number of aromatic amines is 1. The van der Waals surface area contributed by atoms with Crippen molar-refractivity contribution >= 4 is 5.91 Å². The first-order valence-corrected chi connectivity index (χ1v) is 7.00. The fraction of sp³-hybridized carbons (Fsp3) is 0.312. The number of nitrogens with one attached hydrogen (secondary N) is 2. The number of hydrogen-bond donors (Lipinski definition) is 2. The Bertz CT molecular complexity index is 663. The van der Waals surface area contributed by atoms with Gasteiger partial charge in [-0.1, -0.05) is 13.8 Å². The van der Waals surface area contributed by atoms with E-state index in [2.05, 4.69) is 29.1 Å². The summed E-state index contributed by atoms with van der Waals surface area (Å²) in [5.41, 5.74) is 1.28. The summed E-state index contributed by atoms with van der Waals surface area (Å²) in [7, 11) is 0. The number of H-pyrrole nitrogens is 1. The van der Waals surface area contributed by atoms with Crippen LogP contribution in [0.1, 0.15) is 30.6 Å². The van der Waals surface area contributed by atoms with Crippen LogP contribution in [0.25, 0.3) is 11.3 Å². The lowest BCUT2D eigenvalue weighted by atomic mass is 10.1. The molecule has 0 spiro atoms. The van der Waals surface area contributed by atoms with Crippen molar-refractivity contribution in [2.75, 3.05) is 6.54 Å². The highest BCUT2D eigenvalue weighted by atomic mass is 16.2. The van der Waals surface area contributed by atoms with Crippen LogP contribution in [0.2, 0.25) is 0 Å². The van der Waals surface area contributed by atoms with Crippen molar-refractivity contribution < 1.29 is 4.79 Å². The Balaban J connectivity index is 2.13. The molecule has 21 heavy (non-hydrogen) atoms. The second kappa shape index (κ2) is 6.83. The molecule has 2 rings (SSSR count). The molecule has 110 valence electrons. The van der Waals surface area contributed by atoms with Gasteiger partial charge in [0.05, 0.1) is 0 Å². The minimum atomic E-state index is -0.383. The Morgan fingerprint density at radius 2 is 1.95 bits per heavy atom. The predicted octanol–water partition coefficient (Wildman–Crippen LogP) is 2.21. The SMILES string of the molecule is CC(C)CCNC(=O)c1ccc(-c2ccncc2)[nH]c1=O. The van der Waals surface area contributed by atoms with Gasteiger partial charge in [0.1, 0.15) is 5.56 Å². The first-order chi connectivity index (χ1) is 10.1. The van der Waals surface area contributed by atoms with E-state index in [0.717, 1.165) is 12.0 Å². The Morgan fingerprint density at radius 3 is 2.57 bits per heavy atom. The number of rotatable bonds is 5. The second-order valence-electron chi connectivity index (χ2n) is 5.29. The molecule has 0 bridgehead atoms. The van der Waals surface area contributed by atoms with Crippen molar-refractivity contribution in [3.63, 3.8) is 0 Å². The Morgan fingerprint density at radius 1 is 1.24 bits per heavy atom. The third-order valence-corrected chi connectivity index (χ3v) is 3.15. The highest BCUT2D eigenvalue weighted by Gasteiger charge is 2.11. The summed E-state index contributed by atoms with van der Waals surface area (Å²) in [5, 5.41) is 2.76. The van der Waals surface area contributed by atoms with E-state index in [1.807, 2.05) is 0 Å². The molecule has 0 aliphatic heterocycles. The molecular weight excluding hydrogens is 266 g/mol. The predicted molar refractivity (Wildman–Crippen MR) is 82.1 cm³/mol. The van der Waals surface area contributed by atoms with Crippen LogP contribution >= 0.6 is 0 Å². The molecule has 0 saturated carbocycles. The second-order valence-corrected chi connectivity index (χ2v) is 5.29. The molecule has 0 atom stereocenters. The summed E-state index contributed by atoms with van der Waals surface area (Å²) in [5.74, 6) is 0.177. The van der Waals surface area contributed by atoms with Crippen LogP contribution in [-0.2, 0) is 0 Å². The number of nitrogens with zero attached hydrogens (tertiary/aromatic N) is 1. The standard InChI is InChI=1S/C16H19N3O2/c1-11(2)5-10-18-15(20)13-3-4-14(19-16(13)21)12-6-8-17-9-7-12/h3-4,6-9,11H,5,10H2,1-2H3,(H,18,20)(H,19,21). The highest BCUT2D eigenvalue weighted by Crippen LogP contribution is 2.13. The van der Waals surface area contributed by atoms with Crippen LogP contribution in [-0.4, -0.2) is 22.4 Å². The molecule has 5 nitrogen and oxygen atoms in total. The molecular formula is C16H19N3O2. The van der Waals surface area contributed by atoms with E-state index in [-0.39, 0.29) is 17.0 Å². The van der Waals surface area contributed by atoms with E-state index < -0.39 is 0 Å². The summed E-state index contributed by atoms with van der Waals surface area (Å²) >= 11 is 0. The first-order valence-electron chi connectivity index (χ1n) is 7.00. The number of amides is 1. The van der Waals surface area contributed by atoms with Crippen molar-refractivity contribution in [1.82, 2.24) is 15.3 Å². The zero-order valence-corrected chi connectivity index (χ0v) is 12.2. The van der Waals surface area contributed by atoms with Gasteiger partial charge in [-0.05, 0) is 36.6 Å². The van der Waals surface area contributed by atoms with Crippen molar-refractivity contribution in [1.29, 1.82) is 0 Å². The van der Waals surface area contributed by atoms with Crippen LogP contribution in [0.5, 0.6) is 0 Å². The van der Waals surface area contributed by atoms with Crippen LogP contribution < -0.4 is 10.9 Å². The zero-order valence-electron chi connectivity index (χ0n) is 12.2. The summed E-state index contributed by atoms with van der Waals surface area (Å²) in [6.45, 7) is 4.74. The van der Waals surface area contributed by atoms with Gasteiger partial charge in [-0.2, -0.15) is 0 Å². The van der Waals surface area contributed by atoms with Crippen LogP contribution in [0.15, 0.2) is 41.5 Å². The topological polar surface area (TPSA) is 74.8 Å². The molecule has 0 aliphatic carbocycles. The van der Waals surface area contributed by atoms with Gasteiger partial charge in [0.2, 0.25) is 0 Å². The normalized spacial score (nSPS) is 10.6. The van der Waals surface area contributed by atoms with Crippen LogP contribution in [0.3, 0.4) is 0 Å². The lowest BCUT2D eigenvalue weighted by Crippen LogP contribution is -2.30. The monoisotopic (exact) mass is 285 g/mol. The number of hydrogen-bond acceptors (Lipinski definition) is 3. The maximum Gasteiger partial charge on any atom is 0.261 e. The number of aromatic nitrogens is 2. The van der Waals surface area contributed by atoms with Gasteiger partial charge in [0.15, 0.2) is 0 Å². The smallest absolute Gasteiger partial charge is 0.261 e. The molecule has 0 unspecified atom stereocenters. The average molecular weight is 285 g/mol. The van der Waals surface area contributed by atoms with E-state index in [4.69, 9.17) is 0 Å². The van der Waals surface area contributed by atoms with Crippen molar-refractivity contribution in [2.45, 2.75) is 20.3 Å². The summed E-state index contributed by atoms with van der Waals surface area (Å²) in [6.07, 6.45) is 4.19. The van der Waals surface area contributed by atoms with E-state index in [9.17, 15) is 9.59 Å². The quantitative estimate of drug-likeness (QED) is 0.884. The van der Waals surface area contributed by atoms with Crippen LogP contribution in [0, 0.1) is 5.92 Å². The summed E-state index contributed by atoms with van der Waals surface area (Å²) in [6, 6.07) is 6.88. The molecule has 1 amide bonds. The lowest BCUT2D eigenvalue weighted by molar-refractivity contribution is 0.0950. The zero-order chi connectivity index (χ0) is 15.2. The van der Waals surface area contributed by atoms with Crippen molar-refractivity contribution in [3.8, 4) is 11.3 Å². The molecule has 5 heteroatoms. The molecule has 0 fully saturated rings. The van der Waals surface area contributed by atoms with E-state index in [0.29, 0.717) is 18.2 Å². The first kappa shape index (κ1) is 15.0. The number of pyridine rings is 2. The van der Waals surface area contributed by atoms with E-state index in [1.165, 1.54) is 0 Å². The van der Waals surface area contributed by atoms with E-state index >= 15 is 0 Å². The van der Waals surface area contributed by atoms with Gasteiger partial charge in [0, 0.05) is 30.2 Å². The highest BCUT2D eigenvalue weighted by molar-refractivity contribution is 5.94. The molecule has 0 aromatic carbocycles. The van der Waals surface area contributed by atoms with Crippen molar-refractivity contribution in [3.05, 3.63) is 52.6 Å². The van der Waals surface area contributed by atoms with Gasteiger partial charge in [0.25, 0.3) is 11.5 Å². The molecule has 2 heterocycles. The lowest BCUT2D eigenvalue weighted by Gasteiger charge is -2.07. The average Bonchev–Trinajstić information content (AvgIpc) is 2.47. The Hall–Kier alpha value is -2.43. The van der Waals surface area contributed by atoms with Crippen LogP contribution in [0.4, 0.5) is 0 Å². The van der Waals surface area contributed by atoms with Gasteiger partial charge in [-0.3, -0.25) is 14.6 Å². The largest absolute Gasteiger partial charge is 0.352 e. The summed E-state index contributed by atoms with van der Waals surface area (Å²) in [4.78, 5) is 30.6. The molecule has 0 saturated heterocycles. The minimum absolute atomic E-state index is 0.136. The number of carbonyl (C=O) groups excluding carboxylic acids is 1. The fourth-order valence-electron chi connectivity index (χ4n) is 1.92. The molecule has 2 aromatic heterocycles. The van der Waals surface area contributed by atoms with Gasteiger partial charge < -0.3 is 10.3 Å². The maximum atomic E-state index is 12.0. The van der Waals surface area contributed by atoms with E-state index in [1.54, 1.807) is 36.7 Å². The Labute approximate surface area is 123 Å². The molecule has 2 aromatic rings. The molecule has 0 radical (unpaired) electrons. The maximum absolute atomic E-state index is 12.0. The molecule has 2 N–H and O–H groups in total. The third kappa shape index (κ3) is 4.02. The third-order valence-electron chi connectivity index (χ3n) is 3.15. The number of carbonyl (C=O) groups is 1. The summed E-state index contributed by atoms with van der Waals surface area (Å²) < 4.78 is 0. The van der Waals surface area contributed by atoms with Crippen molar-refractivity contribution in [2.24, 2.45) is 5.92 Å².